The predicted molar refractivity (Wildman–Crippen MR) is 128 cm³/mol. The van der Waals surface area contributed by atoms with Crippen molar-refractivity contribution < 1.29 is 20.4 Å². The first-order chi connectivity index (χ1) is 14.9. The zero-order chi connectivity index (χ0) is 23.6. The molecule has 4 N–H and O–H groups in total. The van der Waals surface area contributed by atoms with Crippen molar-refractivity contribution in [2.75, 3.05) is 0 Å². The van der Waals surface area contributed by atoms with E-state index in [1.54, 1.807) is 0 Å². The fourth-order valence-corrected chi connectivity index (χ4v) is 9.43. The van der Waals surface area contributed by atoms with Gasteiger partial charge in [-0.3, -0.25) is 0 Å². The topological polar surface area (TPSA) is 80.9 Å². The fourth-order valence-electron chi connectivity index (χ4n) is 9.43. The minimum atomic E-state index is -0.659. The van der Waals surface area contributed by atoms with Gasteiger partial charge in [0.1, 0.15) is 0 Å². The molecule has 0 heterocycles. The Morgan fingerprint density at radius 1 is 0.750 bits per heavy atom. The molecule has 32 heavy (non-hydrogen) atoms. The summed E-state index contributed by atoms with van der Waals surface area (Å²) in [7, 11) is 0. The molecular formula is C28H50O4. The average Bonchev–Trinajstić information content (AvgIpc) is 3.09. The number of hydrogen-bond acceptors (Lipinski definition) is 4. The second-order valence-electron chi connectivity index (χ2n) is 13.4. The van der Waals surface area contributed by atoms with E-state index in [2.05, 4.69) is 41.5 Å². The summed E-state index contributed by atoms with van der Waals surface area (Å²) >= 11 is 0. The van der Waals surface area contributed by atoms with E-state index in [4.69, 9.17) is 0 Å². The Morgan fingerprint density at radius 2 is 1.41 bits per heavy atom. The normalized spacial score (nSPS) is 50.2. The van der Waals surface area contributed by atoms with Crippen molar-refractivity contribution in [1.82, 2.24) is 0 Å². The maximum absolute atomic E-state index is 11.2. The molecule has 0 spiro atoms. The van der Waals surface area contributed by atoms with Crippen LogP contribution < -0.4 is 0 Å². The summed E-state index contributed by atoms with van der Waals surface area (Å²) in [5, 5.41) is 42.8. The van der Waals surface area contributed by atoms with E-state index in [1.165, 1.54) is 32.1 Å². The van der Waals surface area contributed by atoms with E-state index >= 15 is 0 Å². The van der Waals surface area contributed by atoms with E-state index < -0.39 is 24.4 Å². The quantitative estimate of drug-likeness (QED) is 0.492. The van der Waals surface area contributed by atoms with Gasteiger partial charge < -0.3 is 20.4 Å². The molecular weight excluding hydrogens is 400 g/mol. The molecule has 0 radical (unpaired) electrons. The molecule has 0 unspecified atom stereocenters. The highest BCUT2D eigenvalue weighted by Gasteiger charge is 2.62. The monoisotopic (exact) mass is 450 g/mol. The molecule has 0 saturated heterocycles. The standard InChI is InChI=1S/C28H50O4/c1-15(2)16(3)25(31)26(32)17(4)20-9-10-21-19-8-7-18-13-23(29)24(30)14-28(18,6)22(19)11-12-27(20,21)5/h15-26,29-32H,7-14H2,1-6H3/t16-,17-,18+,19-,20+,21-,22-,23-,24+,25+,26+,27-,28-/m0/s1. The highest BCUT2D eigenvalue weighted by Crippen LogP contribution is 2.68. The molecule has 4 rings (SSSR count). The van der Waals surface area contributed by atoms with Crippen LogP contribution in [0.4, 0.5) is 0 Å². The summed E-state index contributed by atoms with van der Waals surface area (Å²) in [4.78, 5) is 0. The molecule has 4 saturated carbocycles. The van der Waals surface area contributed by atoms with Crippen LogP contribution >= 0.6 is 0 Å². The second-order valence-corrected chi connectivity index (χ2v) is 13.4. The molecule has 4 nitrogen and oxygen atoms in total. The number of rotatable bonds is 5. The van der Waals surface area contributed by atoms with Crippen molar-refractivity contribution in [1.29, 1.82) is 0 Å². The molecule has 13 atom stereocenters. The fraction of sp³-hybridized carbons (Fsp3) is 1.00. The van der Waals surface area contributed by atoms with Crippen LogP contribution in [0.5, 0.6) is 0 Å². The Morgan fingerprint density at radius 3 is 2.06 bits per heavy atom. The van der Waals surface area contributed by atoms with Gasteiger partial charge in [-0.15, -0.1) is 0 Å². The Labute approximate surface area is 196 Å². The maximum Gasteiger partial charge on any atom is 0.0830 e. The van der Waals surface area contributed by atoms with Crippen LogP contribution in [-0.4, -0.2) is 44.8 Å². The second kappa shape index (κ2) is 8.81. The third kappa shape index (κ3) is 3.80. The van der Waals surface area contributed by atoms with Crippen LogP contribution in [0.25, 0.3) is 0 Å². The molecule has 0 aliphatic heterocycles. The van der Waals surface area contributed by atoms with Gasteiger partial charge in [0.2, 0.25) is 0 Å². The molecule has 0 bridgehead atoms. The summed E-state index contributed by atoms with van der Waals surface area (Å²) in [6, 6.07) is 0. The first-order valence-electron chi connectivity index (χ1n) is 13.6. The van der Waals surface area contributed by atoms with Crippen LogP contribution in [0.15, 0.2) is 0 Å². The molecule has 4 aliphatic carbocycles. The molecule has 4 fully saturated rings. The van der Waals surface area contributed by atoms with Gasteiger partial charge in [0, 0.05) is 0 Å². The van der Waals surface area contributed by atoms with Crippen molar-refractivity contribution in [2.24, 2.45) is 58.2 Å². The molecule has 0 aromatic carbocycles. The first-order valence-corrected chi connectivity index (χ1v) is 13.6. The van der Waals surface area contributed by atoms with Crippen molar-refractivity contribution in [3.8, 4) is 0 Å². The average molecular weight is 451 g/mol. The molecule has 0 aromatic rings. The maximum atomic E-state index is 11.2. The van der Waals surface area contributed by atoms with Gasteiger partial charge in [0.15, 0.2) is 0 Å². The Hall–Kier alpha value is -0.160. The molecule has 0 amide bonds. The summed E-state index contributed by atoms with van der Waals surface area (Å²) in [5.41, 5.74) is 0.382. The lowest BCUT2D eigenvalue weighted by atomic mass is 9.44. The molecule has 4 aliphatic rings. The van der Waals surface area contributed by atoms with Crippen LogP contribution in [0.1, 0.15) is 92.9 Å². The zero-order valence-corrected chi connectivity index (χ0v) is 21.4. The Balaban J connectivity index is 1.52. The third-order valence-corrected chi connectivity index (χ3v) is 11.9. The summed E-state index contributed by atoms with van der Waals surface area (Å²) in [6.07, 6.45) is 6.31. The van der Waals surface area contributed by atoms with Gasteiger partial charge >= 0.3 is 0 Å². The van der Waals surface area contributed by atoms with Gasteiger partial charge in [-0.25, -0.2) is 0 Å². The van der Waals surface area contributed by atoms with E-state index in [9.17, 15) is 20.4 Å². The number of aliphatic hydroxyl groups is 4. The van der Waals surface area contributed by atoms with E-state index in [0.29, 0.717) is 35.5 Å². The third-order valence-electron chi connectivity index (χ3n) is 11.9. The van der Waals surface area contributed by atoms with Gasteiger partial charge in [-0.1, -0.05) is 41.5 Å². The number of aliphatic hydroxyl groups excluding tert-OH is 4. The van der Waals surface area contributed by atoms with Crippen molar-refractivity contribution in [2.45, 2.75) is 117 Å². The largest absolute Gasteiger partial charge is 0.390 e. The van der Waals surface area contributed by atoms with Crippen molar-refractivity contribution in [3.05, 3.63) is 0 Å². The summed E-state index contributed by atoms with van der Waals surface area (Å²) < 4.78 is 0. The van der Waals surface area contributed by atoms with Gasteiger partial charge in [0.05, 0.1) is 24.4 Å². The van der Waals surface area contributed by atoms with Gasteiger partial charge in [0.25, 0.3) is 0 Å². The highest BCUT2D eigenvalue weighted by atomic mass is 16.3. The highest BCUT2D eigenvalue weighted by molar-refractivity contribution is 5.11. The van der Waals surface area contributed by atoms with Crippen molar-refractivity contribution in [3.63, 3.8) is 0 Å². The first kappa shape index (κ1) is 24.9. The van der Waals surface area contributed by atoms with Gasteiger partial charge in [-0.2, -0.15) is 0 Å². The van der Waals surface area contributed by atoms with Crippen LogP contribution in [-0.2, 0) is 0 Å². The van der Waals surface area contributed by atoms with Crippen LogP contribution in [0.3, 0.4) is 0 Å². The van der Waals surface area contributed by atoms with Gasteiger partial charge in [-0.05, 0) is 110 Å². The summed E-state index contributed by atoms with van der Waals surface area (Å²) in [6.45, 7) is 13.4. The molecule has 0 aromatic heterocycles. The van der Waals surface area contributed by atoms with Crippen LogP contribution in [0, 0.1) is 58.2 Å². The van der Waals surface area contributed by atoms with E-state index in [-0.39, 0.29) is 22.7 Å². The smallest absolute Gasteiger partial charge is 0.0830 e. The SMILES string of the molecule is CC(C)[C@H](C)[C@@H](O)[C@H](O)[C@@H](C)[C@H]1CC[C@H]2[C@@H]3CC[C@@H]4C[C@H](O)[C@H](O)C[C@]4(C)[C@H]3CC[C@@]12C. The number of fused-ring (bicyclic) bond motifs is 5. The lowest BCUT2D eigenvalue weighted by molar-refractivity contribution is -0.163. The van der Waals surface area contributed by atoms with Crippen molar-refractivity contribution >= 4 is 0 Å². The minimum absolute atomic E-state index is 0.0940. The lowest BCUT2D eigenvalue weighted by Crippen LogP contribution is -2.57. The Bertz CT molecular complexity index is 666. The molecule has 186 valence electrons. The molecule has 4 heteroatoms. The Kier molecular flexibility index (Phi) is 6.87. The minimum Gasteiger partial charge on any atom is -0.390 e. The van der Waals surface area contributed by atoms with E-state index in [0.717, 1.165) is 19.3 Å². The number of hydrogen-bond donors (Lipinski definition) is 4. The van der Waals surface area contributed by atoms with E-state index in [1.807, 2.05) is 0 Å². The summed E-state index contributed by atoms with van der Waals surface area (Å²) in [5.74, 6) is 3.59. The lowest BCUT2D eigenvalue weighted by Gasteiger charge is -2.61. The van der Waals surface area contributed by atoms with Crippen LogP contribution in [0.2, 0.25) is 0 Å². The predicted octanol–water partition coefficient (Wildman–Crippen LogP) is 4.63. The zero-order valence-electron chi connectivity index (χ0n) is 21.4.